The number of aromatic nitrogens is 1. The average molecular weight is 354 g/mol. The Bertz CT molecular complexity index is 677. The first kappa shape index (κ1) is 18.4. The maximum absolute atomic E-state index is 12.7. The molecule has 2 heterocycles. The molecular weight excluding hydrogens is 328 g/mol. The summed E-state index contributed by atoms with van der Waals surface area (Å²) in [5.74, 6) is -0.137. The van der Waals surface area contributed by atoms with Gasteiger partial charge in [0.2, 0.25) is 0 Å². The summed E-state index contributed by atoms with van der Waals surface area (Å²) in [7, 11) is 0. The van der Waals surface area contributed by atoms with E-state index in [4.69, 9.17) is 9.47 Å². The van der Waals surface area contributed by atoms with Crippen molar-refractivity contribution < 1.29 is 14.3 Å². The number of pyridine rings is 1. The lowest BCUT2D eigenvalue weighted by molar-refractivity contribution is -0.161. The molecular formula is C21H26N2O3. The molecule has 138 valence electrons. The summed E-state index contributed by atoms with van der Waals surface area (Å²) in [5.41, 5.74) is 1.69. The fraction of sp³-hybridized carbons (Fsp3) is 0.429. The Labute approximate surface area is 155 Å². The monoisotopic (exact) mass is 354 g/mol. The van der Waals surface area contributed by atoms with Gasteiger partial charge in [0.1, 0.15) is 0 Å². The van der Waals surface area contributed by atoms with Crippen LogP contribution in [-0.2, 0) is 20.9 Å². The standard InChI is InChI=1S/C21H26N2O3/c1-2-26-20(24)21(17-25-16-18-6-4-3-5-7-18)10-14-23(15-11-21)19-8-12-22-13-9-19/h3-9,12-13H,2,10-11,14-17H2,1H3. The number of anilines is 1. The van der Waals surface area contributed by atoms with Gasteiger partial charge in [-0.05, 0) is 37.5 Å². The second kappa shape index (κ2) is 8.81. The minimum Gasteiger partial charge on any atom is -0.465 e. The van der Waals surface area contributed by atoms with E-state index in [0.29, 0.717) is 19.8 Å². The van der Waals surface area contributed by atoms with Crippen molar-refractivity contribution in [2.45, 2.75) is 26.4 Å². The van der Waals surface area contributed by atoms with Crippen LogP contribution in [-0.4, -0.2) is 37.3 Å². The highest BCUT2D eigenvalue weighted by Crippen LogP contribution is 2.35. The minimum atomic E-state index is -0.561. The number of benzene rings is 1. The minimum absolute atomic E-state index is 0.137. The van der Waals surface area contributed by atoms with E-state index in [1.165, 1.54) is 0 Å². The molecule has 3 rings (SSSR count). The maximum Gasteiger partial charge on any atom is 0.314 e. The van der Waals surface area contributed by atoms with Crippen LogP contribution in [0.1, 0.15) is 25.3 Å². The molecule has 0 spiro atoms. The van der Waals surface area contributed by atoms with Crippen LogP contribution >= 0.6 is 0 Å². The SMILES string of the molecule is CCOC(=O)C1(COCc2ccccc2)CCN(c2ccncc2)CC1. The fourth-order valence-electron chi connectivity index (χ4n) is 3.38. The van der Waals surface area contributed by atoms with Crippen molar-refractivity contribution in [3.05, 3.63) is 60.4 Å². The zero-order valence-corrected chi connectivity index (χ0v) is 15.3. The number of nitrogens with zero attached hydrogens (tertiary/aromatic N) is 2. The third-order valence-corrected chi connectivity index (χ3v) is 4.95. The van der Waals surface area contributed by atoms with Crippen molar-refractivity contribution in [2.75, 3.05) is 31.2 Å². The maximum atomic E-state index is 12.7. The molecule has 0 aliphatic carbocycles. The van der Waals surface area contributed by atoms with Gasteiger partial charge in [0.25, 0.3) is 0 Å². The predicted molar refractivity (Wildman–Crippen MR) is 101 cm³/mol. The molecule has 1 aromatic heterocycles. The molecule has 5 nitrogen and oxygen atoms in total. The van der Waals surface area contributed by atoms with Gasteiger partial charge in [0.15, 0.2) is 0 Å². The number of carbonyl (C=O) groups is 1. The van der Waals surface area contributed by atoms with Crippen molar-refractivity contribution in [2.24, 2.45) is 5.41 Å². The Morgan fingerprint density at radius 2 is 1.81 bits per heavy atom. The van der Waals surface area contributed by atoms with Gasteiger partial charge in [0.05, 0.1) is 25.2 Å². The highest BCUT2D eigenvalue weighted by atomic mass is 16.5. The predicted octanol–water partition coefficient (Wildman–Crippen LogP) is 3.45. The van der Waals surface area contributed by atoms with Crippen molar-refractivity contribution >= 4 is 11.7 Å². The Morgan fingerprint density at radius 1 is 1.12 bits per heavy atom. The van der Waals surface area contributed by atoms with E-state index < -0.39 is 5.41 Å². The molecule has 1 aromatic carbocycles. The van der Waals surface area contributed by atoms with Crippen LogP contribution in [0.3, 0.4) is 0 Å². The average Bonchev–Trinajstić information content (AvgIpc) is 2.70. The van der Waals surface area contributed by atoms with Crippen LogP contribution in [0.15, 0.2) is 54.9 Å². The van der Waals surface area contributed by atoms with Gasteiger partial charge >= 0.3 is 5.97 Å². The Kier molecular flexibility index (Phi) is 6.23. The molecule has 0 saturated carbocycles. The number of hydrogen-bond acceptors (Lipinski definition) is 5. The van der Waals surface area contributed by atoms with E-state index in [9.17, 15) is 4.79 Å². The molecule has 1 fully saturated rings. The van der Waals surface area contributed by atoms with Crippen LogP contribution in [0.25, 0.3) is 0 Å². The smallest absolute Gasteiger partial charge is 0.314 e. The molecule has 0 radical (unpaired) electrons. The van der Waals surface area contributed by atoms with E-state index in [1.807, 2.05) is 49.4 Å². The van der Waals surface area contributed by atoms with Crippen LogP contribution in [0.5, 0.6) is 0 Å². The third kappa shape index (κ3) is 4.41. The van der Waals surface area contributed by atoms with Crippen LogP contribution in [0.4, 0.5) is 5.69 Å². The van der Waals surface area contributed by atoms with Gasteiger partial charge in [-0.15, -0.1) is 0 Å². The quantitative estimate of drug-likeness (QED) is 0.713. The lowest BCUT2D eigenvalue weighted by Gasteiger charge is -2.40. The fourth-order valence-corrected chi connectivity index (χ4v) is 3.38. The van der Waals surface area contributed by atoms with Crippen LogP contribution in [0, 0.1) is 5.41 Å². The molecule has 1 aliphatic heterocycles. The largest absolute Gasteiger partial charge is 0.465 e. The van der Waals surface area contributed by atoms with E-state index in [0.717, 1.165) is 37.2 Å². The molecule has 0 unspecified atom stereocenters. The van der Waals surface area contributed by atoms with Gasteiger partial charge < -0.3 is 14.4 Å². The van der Waals surface area contributed by atoms with Gasteiger partial charge in [-0.25, -0.2) is 0 Å². The van der Waals surface area contributed by atoms with Crippen LogP contribution < -0.4 is 4.90 Å². The number of hydrogen-bond donors (Lipinski definition) is 0. The van der Waals surface area contributed by atoms with Crippen molar-refractivity contribution in [1.29, 1.82) is 0 Å². The van der Waals surface area contributed by atoms with E-state index in [1.54, 1.807) is 12.4 Å². The van der Waals surface area contributed by atoms with Crippen molar-refractivity contribution in [1.82, 2.24) is 4.98 Å². The normalized spacial score (nSPS) is 16.3. The second-order valence-electron chi connectivity index (χ2n) is 6.67. The molecule has 5 heteroatoms. The first-order chi connectivity index (χ1) is 12.7. The number of ether oxygens (including phenoxy) is 2. The van der Waals surface area contributed by atoms with E-state index in [-0.39, 0.29) is 5.97 Å². The second-order valence-corrected chi connectivity index (χ2v) is 6.67. The van der Waals surface area contributed by atoms with Gasteiger partial charge in [-0.3, -0.25) is 9.78 Å². The number of esters is 1. The molecule has 0 atom stereocenters. The third-order valence-electron chi connectivity index (χ3n) is 4.95. The lowest BCUT2D eigenvalue weighted by Crippen LogP contribution is -2.47. The highest BCUT2D eigenvalue weighted by Gasteiger charge is 2.43. The van der Waals surface area contributed by atoms with Gasteiger partial charge in [-0.2, -0.15) is 0 Å². The Hall–Kier alpha value is -2.40. The molecule has 0 amide bonds. The number of piperidine rings is 1. The van der Waals surface area contributed by atoms with Crippen molar-refractivity contribution in [3.63, 3.8) is 0 Å². The number of rotatable bonds is 7. The Balaban J connectivity index is 1.63. The number of carbonyl (C=O) groups excluding carboxylic acids is 1. The molecule has 0 bridgehead atoms. The summed E-state index contributed by atoms with van der Waals surface area (Å²) in [6.45, 7) is 4.76. The molecule has 2 aromatic rings. The molecule has 0 N–H and O–H groups in total. The lowest BCUT2D eigenvalue weighted by atomic mass is 9.79. The highest BCUT2D eigenvalue weighted by molar-refractivity contribution is 5.77. The molecule has 1 aliphatic rings. The molecule has 1 saturated heterocycles. The zero-order valence-electron chi connectivity index (χ0n) is 15.3. The Morgan fingerprint density at radius 3 is 2.46 bits per heavy atom. The first-order valence-electron chi connectivity index (χ1n) is 9.17. The first-order valence-corrected chi connectivity index (χ1v) is 9.17. The topological polar surface area (TPSA) is 51.7 Å². The zero-order chi connectivity index (χ0) is 18.2. The van der Waals surface area contributed by atoms with Crippen LogP contribution in [0.2, 0.25) is 0 Å². The van der Waals surface area contributed by atoms with Gasteiger partial charge in [-0.1, -0.05) is 30.3 Å². The summed E-state index contributed by atoms with van der Waals surface area (Å²) >= 11 is 0. The molecule has 26 heavy (non-hydrogen) atoms. The summed E-state index contributed by atoms with van der Waals surface area (Å²) < 4.78 is 11.3. The summed E-state index contributed by atoms with van der Waals surface area (Å²) in [6, 6.07) is 14.0. The van der Waals surface area contributed by atoms with E-state index in [2.05, 4.69) is 9.88 Å². The van der Waals surface area contributed by atoms with Crippen molar-refractivity contribution in [3.8, 4) is 0 Å². The van der Waals surface area contributed by atoms with Gasteiger partial charge in [0, 0.05) is 31.2 Å². The summed E-state index contributed by atoms with van der Waals surface area (Å²) in [5, 5.41) is 0. The van der Waals surface area contributed by atoms with E-state index >= 15 is 0 Å². The summed E-state index contributed by atoms with van der Waals surface area (Å²) in [4.78, 5) is 19.0. The summed E-state index contributed by atoms with van der Waals surface area (Å²) in [6.07, 6.45) is 5.04.